The molecule has 1 heteroatoms. The molecule has 0 amide bonds. The molecule has 50 valence electrons. The molecule has 0 fully saturated rings. The van der Waals surface area contributed by atoms with Gasteiger partial charge in [0.2, 0.25) is 0 Å². The van der Waals surface area contributed by atoms with Crippen LogP contribution in [0.3, 0.4) is 0 Å². The molecule has 0 radical (unpaired) electrons. The average molecular weight is 123 g/mol. The van der Waals surface area contributed by atoms with Gasteiger partial charge in [-0.1, -0.05) is 17.6 Å². The second-order valence-electron chi connectivity index (χ2n) is 2.12. The number of nitrogens with one attached hydrogen (secondary N) is 1. The molecule has 1 N–H and O–H groups in total. The SMILES string of the molecule is C#CCNCC=C(C)C. The Labute approximate surface area is 57.2 Å². The van der Waals surface area contributed by atoms with Crippen molar-refractivity contribution in [1.29, 1.82) is 0 Å². The summed E-state index contributed by atoms with van der Waals surface area (Å²) in [4.78, 5) is 0. The lowest BCUT2D eigenvalue weighted by molar-refractivity contribution is 0.852. The van der Waals surface area contributed by atoms with E-state index >= 15 is 0 Å². The van der Waals surface area contributed by atoms with Crippen LogP contribution in [-0.2, 0) is 0 Å². The molecule has 9 heavy (non-hydrogen) atoms. The standard InChI is InChI=1S/C8H13N/c1-4-6-9-7-5-8(2)3/h1,5,9H,6-7H2,2-3H3. The Kier molecular flexibility index (Phi) is 4.95. The molecule has 0 aliphatic carbocycles. The first kappa shape index (κ1) is 8.26. The van der Waals surface area contributed by atoms with Crippen LogP contribution in [-0.4, -0.2) is 13.1 Å². The van der Waals surface area contributed by atoms with E-state index in [1.807, 2.05) is 0 Å². The second-order valence-corrected chi connectivity index (χ2v) is 2.12. The lowest BCUT2D eigenvalue weighted by Crippen LogP contribution is -2.13. The quantitative estimate of drug-likeness (QED) is 0.337. The van der Waals surface area contributed by atoms with Crippen LogP contribution in [0.2, 0.25) is 0 Å². The van der Waals surface area contributed by atoms with E-state index in [2.05, 4.69) is 31.2 Å². The van der Waals surface area contributed by atoms with Gasteiger partial charge in [-0.25, -0.2) is 0 Å². The predicted octanol–water partition coefficient (Wildman–Crippen LogP) is 1.18. The third-order valence-electron chi connectivity index (χ3n) is 0.882. The van der Waals surface area contributed by atoms with Gasteiger partial charge in [-0.2, -0.15) is 0 Å². The summed E-state index contributed by atoms with van der Waals surface area (Å²) >= 11 is 0. The van der Waals surface area contributed by atoms with Crippen molar-refractivity contribution in [3.8, 4) is 12.3 Å². The highest BCUT2D eigenvalue weighted by molar-refractivity contribution is 4.96. The molecule has 0 atom stereocenters. The van der Waals surface area contributed by atoms with E-state index in [1.165, 1.54) is 5.57 Å². The van der Waals surface area contributed by atoms with Gasteiger partial charge in [0, 0.05) is 6.54 Å². The number of rotatable bonds is 3. The summed E-state index contributed by atoms with van der Waals surface area (Å²) in [5.41, 5.74) is 1.32. The van der Waals surface area contributed by atoms with Gasteiger partial charge >= 0.3 is 0 Å². The fourth-order valence-corrected chi connectivity index (χ4v) is 0.421. The molecule has 0 saturated heterocycles. The van der Waals surface area contributed by atoms with Crippen LogP contribution in [0.25, 0.3) is 0 Å². The molecule has 0 unspecified atom stereocenters. The third kappa shape index (κ3) is 7.26. The molecule has 1 nitrogen and oxygen atoms in total. The van der Waals surface area contributed by atoms with Crippen molar-refractivity contribution in [3.63, 3.8) is 0 Å². The van der Waals surface area contributed by atoms with Crippen LogP contribution in [0, 0.1) is 12.3 Å². The number of hydrogen-bond acceptors (Lipinski definition) is 1. The van der Waals surface area contributed by atoms with Crippen LogP contribution >= 0.6 is 0 Å². The van der Waals surface area contributed by atoms with Crippen LogP contribution in [0.5, 0.6) is 0 Å². The molecule has 0 bridgehead atoms. The van der Waals surface area contributed by atoms with Crippen molar-refractivity contribution in [2.45, 2.75) is 13.8 Å². The van der Waals surface area contributed by atoms with Crippen molar-refractivity contribution < 1.29 is 0 Å². The van der Waals surface area contributed by atoms with Crippen molar-refractivity contribution >= 4 is 0 Å². The van der Waals surface area contributed by atoms with Gasteiger partial charge in [0.05, 0.1) is 6.54 Å². The lowest BCUT2D eigenvalue weighted by Gasteiger charge is -1.92. The number of terminal acetylenes is 1. The number of hydrogen-bond donors (Lipinski definition) is 1. The molecule has 0 aromatic rings. The summed E-state index contributed by atoms with van der Waals surface area (Å²) in [7, 11) is 0. The first-order valence-electron chi connectivity index (χ1n) is 3.05. The van der Waals surface area contributed by atoms with E-state index in [-0.39, 0.29) is 0 Å². The second kappa shape index (κ2) is 5.40. The zero-order chi connectivity index (χ0) is 7.11. The highest BCUT2D eigenvalue weighted by Crippen LogP contribution is 1.84. The molecule has 0 rings (SSSR count). The predicted molar refractivity (Wildman–Crippen MR) is 41.1 cm³/mol. The highest BCUT2D eigenvalue weighted by atomic mass is 14.8. The molecule has 0 aromatic carbocycles. The molecule has 0 saturated carbocycles. The fraction of sp³-hybridized carbons (Fsp3) is 0.500. The van der Waals surface area contributed by atoms with E-state index in [0.29, 0.717) is 6.54 Å². The fourth-order valence-electron chi connectivity index (χ4n) is 0.421. The normalized spacial score (nSPS) is 8.11. The summed E-state index contributed by atoms with van der Waals surface area (Å²) in [6, 6.07) is 0. The summed E-state index contributed by atoms with van der Waals surface area (Å²) in [5.74, 6) is 2.50. The van der Waals surface area contributed by atoms with Gasteiger partial charge in [0.25, 0.3) is 0 Å². The maximum absolute atomic E-state index is 5.01. The van der Waals surface area contributed by atoms with Gasteiger partial charge in [-0.05, 0) is 13.8 Å². The monoisotopic (exact) mass is 123 g/mol. The van der Waals surface area contributed by atoms with Gasteiger partial charge in [-0.15, -0.1) is 6.42 Å². The first-order valence-corrected chi connectivity index (χ1v) is 3.05. The summed E-state index contributed by atoms with van der Waals surface area (Å²) < 4.78 is 0. The van der Waals surface area contributed by atoms with Crippen LogP contribution < -0.4 is 5.32 Å². The Morgan fingerprint density at radius 3 is 2.78 bits per heavy atom. The molecule has 0 aromatic heterocycles. The Bertz CT molecular complexity index is 124. The minimum Gasteiger partial charge on any atom is -0.303 e. The van der Waals surface area contributed by atoms with E-state index in [9.17, 15) is 0 Å². The zero-order valence-electron chi connectivity index (χ0n) is 6.07. The van der Waals surface area contributed by atoms with Gasteiger partial charge in [0.15, 0.2) is 0 Å². The largest absolute Gasteiger partial charge is 0.303 e. The van der Waals surface area contributed by atoms with Gasteiger partial charge < -0.3 is 5.32 Å². The van der Waals surface area contributed by atoms with E-state index in [1.54, 1.807) is 0 Å². The zero-order valence-corrected chi connectivity index (χ0v) is 6.07. The molecule has 0 heterocycles. The maximum Gasteiger partial charge on any atom is 0.0576 e. The Morgan fingerprint density at radius 2 is 2.33 bits per heavy atom. The van der Waals surface area contributed by atoms with Gasteiger partial charge in [-0.3, -0.25) is 0 Å². The Morgan fingerprint density at radius 1 is 1.67 bits per heavy atom. The van der Waals surface area contributed by atoms with Crippen molar-refractivity contribution in [3.05, 3.63) is 11.6 Å². The molecule has 0 aliphatic heterocycles. The maximum atomic E-state index is 5.01. The van der Waals surface area contributed by atoms with Gasteiger partial charge in [0.1, 0.15) is 0 Å². The van der Waals surface area contributed by atoms with E-state index in [0.717, 1.165) is 6.54 Å². The van der Waals surface area contributed by atoms with E-state index < -0.39 is 0 Å². The summed E-state index contributed by atoms with van der Waals surface area (Å²) in [6.45, 7) is 5.67. The minimum atomic E-state index is 0.657. The summed E-state index contributed by atoms with van der Waals surface area (Å²) in [6.07, 6.45) is 7.12. The first-order chi connectivity index (χ1) is 4.27. The van der Waals surface area contributed by atoms with Crippen molar-refractivity contribution in [2.75, 3.05) is 13.1 Å². The Balaban J connectivity index is 3.12. The van der Waals surface area contributed by atoms with Crippen LogP contribution in [0.1, 0.15) is 13.8 Å². The van der Waals surface area contributed by atoms with Crippen LogP contribution in [0.4, 0.5) is 0 Å². The average Bonchev–Trinajstić information content (AvgIpc) is 1.80. The van der Waals surface area contributed by atoms with E-state index in [4.69, 9.17) is 6.42 Å². The lowest BCUT2D eigenvalue weighted by atomic mass is 10.3. The molecular formula is C8H13N. The third-order valence-corrected chi connectivity index (χ3v) is 0.882. The van der Waals surface area contributed by atoms with Crippen molar-refractivity contribution in [2.24, 2.45) is 0 Å². The summed E-state index contributed by atoms with van der Waals surface area (Å²) in [5, 5.41) is 3.05. The van der Waals surface area contributed by atoms with Crippen molar-refractivity contribution in [1.82, 2.24) is 5.32 Å². The molecular weight excluding hydrogens is 110 g/mol. The number of allylic oxidation sites excluding steroid dienone is 1. The minimum absolute atomic E-state index is 0.657. The smallest absolute Gasteiger partial charge is 0.0576 e. The molecule has 0 spiro atoms. The Hall–Kier alpha value is -0.740. The highest BCUT2D eigenvalue weighted by Gasteiger charge is 1.76. The molecule has 0 aliphatic rings. The topological polar surface area (TPSA) is 12.0 Å². The van der Waals surface area contributed by atoms with Crippen LogP contribution in [0.15, 0.2) is 11.6 Å².